The lowest BCUT2D eigenvalue weighted by molar-refractivity contribution is 0.00578. The third-order valence-corrected chi connectivity index (χ3v) is 3.38. The molecule has 1 rings (SSSR count). The van der Waals surface area contributed by atoms with Crippen LogP contribution >= 0.6 is 0 Å². The summed E-state index contributed by atoms with van der Waals surface area (Å²) in [7, 11) is -0.430. The van der Waals surface area contributed by atoms with Gasteiger partial charge in [-0.25, -0.2) is 0 Å². The topological polar surface area (TPSA) is 56.8 Å². The summed E-state index contributed by atoms with van der Waals surface area (Å²) in [6.07, 6.45) is 1.75. The van der Waals surface area contributed by atoms with E-state index in [0.29, 0.717) is 5.70 Å². The maximum absolute atomic E-state index is 5.93. The third-order valence-electron chi connectivity index (χ3n) is 3.38. The van der Waals surface area contributed by atoms with Crippen molar-refractivity contribution in [2.45, 2.75) is 66.6 Å². The van der Waals surface area contributed by atoms with Crippen LogP contribution in [0.15, 0.2) is 16.2 Å². The Hall–Kier alpha value is -0.805. The first kappa shape index (κ1) is 18.2. The zero-order chi connectivity index (χ0) is 15.3. The monoisotopic (exact) mass is 268 g/mol. The highest BCUT2D eigenvalue weighted by Gasteiger charge is 2.52. The molecule has 1 fully saturated rings. The van der Waals surface area contributed by atoms with E-state index in [1.165, 1.54) is 0 Å². The number of aliphatic imine (C=N–C) groups is 1. The highest BCUT2D eigenvalue weighted by Crippen LogP contribution is 2.38. The van der Waals surface area contributed by atoms with Crippen LogP contribution in [-0.4, -0.2) is 31.1 Å². The van der Waals surface area contributed by atoms with Crippen molar-refractivity contribution in [3.8, 4) is 0 Å². The first-order valence-corrected chi connectivity index (χ1v) is 7.03. The number of allylic oxidation sites excluding steroid dienone is 2. The van der Waals surface area contributed by atoms with Crippen LogP contribution in [0.3, 0.4) is 0 Å². The molecule has 1 aliphatic rings. The van der Waals surface area contributed by atoms with Crippen molar-refractivity contribution in [2.24, 2.45) is 10.7 Å². The first-order valence-electron chi connectivity index (χ1n) is 7.03. The number of nitrogens with two attached hydrogens (primary N) is 1. The average Bonchev–Trinajstić information content (AvgIpc) is 2.50. The van der Waals surface area contributed by atoms with Crippen LogP contribution in [0.25, 0.3) is 0 Å². The zero-order valence-electron chi connectivity index (χ0n) is 13.7. The number of nitrogens with zero attached hydrogens (tertiary/aromatic N) is 1. The quantitative estimate of drug-likeness (QED) is 0.632. The van der Waals surface area contributed by atoms with Gasteiger partial charge in [-0.2, -0.15) is 0 Å². The molecule has 5 heteroatoms. The van der Waals surface area contributed by atoms with Crippen LogP contribution in [0.5, 0.6) is 0 Å². The Morgan fingerprint density at radius 3 is 1.89 bits per heavy atom. The minimum absolute atomic E-state index is 0.349. The van der Waals surface area contributed by atoms with Crippen molar-refractivity contribution >= 4 is 13.3 Å². The molecule has 19 heavy (non-hydrogen) atoms. The standard InChI is InChI=1S/C12H23BN2O2.C2H6/c1-7-15-8-10(9(2)14)13-16-11(3,4)12(5,6)17-13;1-2/h8H,7,14H2,1-6H3;1-2H3/b10-9+,15-8?;. The molecule has 4 nitrogen and oxygen atoms in total. The van der Waals surface area contributed by atoms with Crippen LogP contribution in [-0.2, 0) is 9.31 Å². The molecule has 0 spiro atoms. The van der Waals surface area contributed by atoms with Gasteiger partial charge in [0.1, 0.15) is 0 Å². The van der Waals surface area contributed by atoms with E-state index >= 15 is 0 Å². The molecule has 0 amide bonds. The Bertz CT molecular complexity index is 329. The second kappa shape index (κ2) is 7.10. The smallest absolute Gasteiger partial charge is 0.402 e. The molecule has 1 heterocycles. The predicted molar refractivity (Wildman–Crippen MR) is 83.4 cm³/mol. The predicted octanol–water partition coefficient (Wildman–Crippen LogP) is 2.97. The van der Waals surface area contributed by atoms with Gasteiger partial charge in [0, 0.05) is 23.9 Å². The molecule has 0 aliphatic carbocycles. The number of rotatable bonds is 3. The Balaban J connectivity index is 0.00000154. The van der Waals surface area contributed by atoms with E-state index in [9.17, 15) is 0 Å². The van der Waals surface area contributed by atoms with Crippen molar-refractivity contribution in [1.29, 1.82) is 0 Å². The van der Waals surface area contributed by atoms with E-state index in [1.54, 1.807) is 6.21 Å². The Labute approximate surface area is 118 Å². The first-order chi connectivity index (χ1) is 8.71. The van der Waals surface area contributed by atoms with Crippen LogP contribution < -0.4 is 5.73 Å². The van der Waals surface area contributed by atoms with Gasteiger partial charge in [0.25, 0.3) is 0 Å². The van der Waals surface area contributed by atoms with E-state index in [-0.39, 0.29) is 11.2 Å². The highest BCUT2D eigenvalue weighted by molar-refractivity contribution is 6.60. The molecule has 1 aliphatic heterocycles. The lowest BCUT2D eigenvalue weighted by atomic mass is 9.77. The molecule has 2 N–H and O–H groups in total. The summed E-state index contributed by atoms with van der Waals surface area (Å²) in [5.74, 6) is 0. The van der Waals surface area contributed by atoms with Gasteiger partial charge in [-0.05, 0) is 41.5 Å². The van der Waals surface area contributed by atoms with Gasteiger partial charge in [-0.15, -0.1) is 0 Å². The molecule has 0 bridgehead atoms. The molecule has 0 aromatic carbocycles. The summed E-state index contributed by atoms with van der Waals surface area (Å²) < 4.78 is 11.9. The van der Waals surface area contributed by atoms with Crippen molar-refractivity contribution < 1.29 is 9.31 Å². The molecular formula is C14H29BN2O2. The van der Waals surface area contributed by atoms with Gasteiger partial charge < -0.3 is 15.0 Å². The molecular weight excluding hydrogens is 239 g/mol. The molecule has 0 radical (unpaired) electrons. The van der Waals surface area contributed by atoms with E-state index in [0.717, 1.165) is 12.0 Å². The molecule has 0 saturated carbocycles. The normalized spacial score (nSPS) is 22.0. The number of hydrogen-bond donors (Lipinski definition) is 1. The van der Waals surface area contributed by atoms with E-state index in [1.807, 2.05) is 55.4 Å². The Morgan fingerprint density at radius 1 is 1.16 bits per heavy atom. The minimum atomic E-state index is -0.430. The van der Waals surface area contributed by atoms with Crippen LogP contribution in [0.1, 0.15) is 55.4 Å². The van der Waals surface area contributed by atoms with Gasteiger partial charge in [0.15, 0.2) is 0 Å². The second-order valence-corrected chi connectivity index (χ2v) is 5.35. The van der Waals surface area contributed by atoms with Crippen molar-refractivity contribution in [2.75, 3.05) is 6.54 Å². The summed E-state index contributed by atoms with van der Waals surface area (Å²) in [6, 6.07) is 0. The zero-order valence-corrected chi connectivity index (χ0v) is 13.7. The largest absolute Gasteiger partial charge is 0.498 e. The second-order valence-electron chi connectivity index (χ2n) is 5.35. The summed E-state index contributed by atoms with van der Waals surface area (Å²) >= 11 is 0. The van der Waals surface area contributed by atoms with Crippen molar-refractivity contribution in [3.05, 3.63) is 11.2 Å². The summed E-state index contributed by atoms with van der Waals surface area (Å²) in [6.45, 7) is 16.6. The molecule has 110 valence electrons. The van der Waals surface area contributed by atoms with E-state index in [4.69, 9.17) is 15.0 Å². The average molecular weight is 268 g/mol. The van der Waals surface area contributed by atoms with Crippen LogP contribution in [0.2, 0.25) is 0 Å². The van der Waals surface area contributed by atoms with Crippen molar-refractivity contribution in [1.82, 2.24) is 0 Å². The van der Waals surface area contributed by atoms with Crippen molar-refractivity contribution in [3.63, 3.8) is 0 Å². The van der Waals surface area contributed by atoms with Gasteiger partial charge in [0.05, 0.1) is 11.2 Å². The fraction of sp³-hybridized carbons (Fsp3) is 0.786. The van der Waals surface area contributed by atoms with Gasteiger partial charge in [-0.1, -0.05) is 13.8 Å². The van der Waals surface area contributed by atoms with Crippen LogP contribution in [0, 0.1) is 0 Å². The SMILES string of the molecule is CC.CCN=C/C(B1OC(C)(C)C(C)(C)O1)=C(/C)N. The lowest BCUT2D eigenvalue weighted by Gasteiger charge is -2.32. The number of hydrogen-bond acceptors (Lipinski definition) is 4. The maximum atomic E-state index is 5.93. The third kappa shape index (κ3) is 4.35. The van der Waals surface area contributed by atoms with E-state index in [2.05, 4.69) is 4.99 Å². The van der Waals surface area contributed by atoms with Gasteiger partial charge in [0.2, 0.25) is 0 Å². The Kier molecular flexibility index (Phi) is 6.80. The van der Waals surface area contributed by atoms with Gasteiger partial charge >= 0.3 is 7.12 Å². The fourth-order valence-electron chi connectivity index (χ4n) is 1.51. The molecule has 1 saturated heterocycles. The molecule has 0 aromatic rings. The lowest BCUT2D eigenvalue weighted by Crippen LogP contribution is -2.41. The summed E-state index contributed by atoms with van der Waals surface area (Å²) in [5, 5.41) is 0. The molecule has 0 atom stereocenters. The minimum Gasteiger partial charge on any atom is -0.402 e. The summed E-state index contributed by atoms with van der Waals surface area (Å²) in [5.41, 5.74) is 6.66. The molecule has 0 aromatic heterocycles. The van der Waals surface area contributed by atoms with Crippen LogP contribution in [0.4, 0.5) is 0 Å². The highest BCUT2D eigenvalue weighted by atomic mass is 16.7. The van der Waals surface area contributed by atoms with Gasteiger partial charge in [-0.3, -0.25) is 4.99 Å². The Morgan fingerprint density at radius 2 is 1.58 bits per heavy atom. The summed E-state index contributed by atoms with van der Waals surface area (Å²) in [4.78, 5) is 4.21. The fourth-order valence-corrected chi connectivity index (χ4v) is 1.51. The maximum Gasteiger partial charge on any atom is 0.498 e. The molecule has 0 unspecified atom stereocenters. The van der Waals surface area contributed by atoms with E-state index < -0.39 is 7.12 Å².